The number of piperazine rings is 1. The molecule has 0 aromatic carbocycles. The zero-order chi connectivity index (χ0) is 11.6. The van der Waals surface area contributed by atoms with Crippen molar-refractivity contribution in [2.75, 3.05) is 26.7 Å². The maximum atomic E-state index is 12.0. The molecule has 0 radical (unpaired) electrons. The molecule has 1 saturated heterocycles. The van der Waals surface area contributed by atoms with Gasteiger partial charge in [0, 0.05) is 31.6 Å². The van der Waals surface area contributed by atoms with Crippen LogP contribution in [0.4, 0.5) is 0 Å². The molecule has 1 unspecified atom stereocenters. The molecule has 1 aliphatic heterocycles. The minimum atomic E-state index is 0.120. The molecule has 88 valence electrons. The normalized spacial score (nSPS) is 23.9. The van der Waals surface area contributed by atoms with Gasteiger partial charge in [-0.15, -0.1) is 0 Å². The maximum absolute atomic E-state index is 12.0. The highest BCUT2D eigenvalue weighted by Gasteiger charge is 2.31. The van der Waals surface area contributed by atoms with E-state index >= 15 is 0 Å². The second-order valence-corrected chi connectivity index (χ2v) is 5.26. The number of rotatable bonds is 2. The Morgan fingerprint density at radius 3 is 2.27 bits per heavy atom. The molecule has 0 N–H and O–H groups in total. The second kappa shape index (κ2) is 4.97. The van der Waals surface area contributed by atoms with E-state index in [-0.39, 0.29) is 5.92 Å². The molecule has 15 heavy (non-hydrogen) atoms. The van der Waals surface area contributed by atoms with Crippen LogP contribution in [0.5, 0.6) is 0 Å². The van der Waals surface area contributed by atoms with E-state index in [0.717, 1.165) is 19.6 Å². The summed E-state index contributed by atoms with van der Waals surface area (Å²) in [5.41, 5.74) is 0. The van der Waals surface area contributed by atoms with Crippen LogP contribution in [-0.2, 0) is 4.79 Å². The van der Waals surface area contributed by atoms with Gasteiger partial charge < -0.3 is 9.80 Å². The van der Waals surface area contributed by atoms with Gasteiger partial charge >= 0.3 is 0 Å². The van der Waals surface area contributed by atoms with E-state index < -0.39 is 0 Å². The van der Waals surface area contributed by atoms with Crippen LogP contribution in [-0.4, -0.2) is 48.4 Å². The first-order valence-corrected chi connectivity index (χ1v) is 5.92. The molecule has 1 amide bonds. The lowest BCUT2D eigenvalue weighted by Gasteiger charge is -2.43. The lowest BCUT2D eigenvalue weighted by atomic mass is 9.98. The first-order valence-electron chi connectivity index (χ1n) is 5.92. The Morgan fingerprint density at radius 2 is 1.80 bits per heavy atom. The third kappa shape index (κ3) is 2.94. The minimum Gasteiger partial charge on any atom is -0.337 e. The Balaban J connectivity index is 2.72. The fourth-order valence-corrected chi connectivity index (χ4v) is 2.13. The zero-order valence-electron chi connectivity index (χ0n) is 10.7. The average molecular weight is 212 g/mol. The van der Waals surface area contributed by atoms with E-state index in [2.05, 4.69) is 30.7 Å². The molecular formula is C12H24N2O. The number of hydrogen-bond acceptors (Lipinski definition) is 2. The summed E-state index contributed by atoms with van der Waals surface area (Å²) in [4.78, 5) is 16.4. The molecule has 0 aliphatic carbocycles. The predicted molar refractivity (Wildman–Crippen MR) is 62.7 cm³/mol. The Kier molecular flexibility index (Phi) is 4.14. The molecule has 0 bridgehead atoms. The number of carbonyl (C=O) groups excluding carboxylic acids is 1. The zero-order valence-corrected chi connectivity index (χ0v) is 10.7. The van der Waals surface area contributed by atoms with E-state index in [0.29, 0.717) is 17.9 Å². The van der Waals surface area contributed by atoms with Crippen LogP contribution >= 0.6 is 0 Å². The Bertz CT molecular complexity index is 226. The smallest absolute Gasteiger partial charge is 0.225 e. The number of amides is 1. The van der Waals surface area contributed by atoms with E-state index in [4.69, 9.17) is 0 Å². The van der Waals surface area contributed by atoms with Crippen molar-refractivity contribution in [3.05, 3.63) is 0 Å². The molecule has 0 spiro atoms. The largest absolute Gasteiger partial charge is 0.337 e. The van der Waals surface area contributed by atoms with Crippen molar-refractivity contribution in [2.45, 2.75) is 33.7 Å². The Morgan fingerprint density at radius 1 is 1.20 bits per heavy atom. The molecule has 0 aromatic heterocycles. The van der Waals surface area contributed by atoms with Crippen molar-refractivity contribution in [1.29, 1.82) is 0 Å². The lowest BCUT2D eigenvalue weighted by molar-refractivity contribution is -0.140. The highest BCUT2D eigenvalue weighted by Crippen LogP contribution is 2.18. The third-order valence-corrected chi connectivity index (χ3v) is 3.17. The van der Waals surface area contributed by atoms with Gasteiger partial charge in [0.25, 0.3) is 0 Å². The molecule has 1 atom stereocenters. The molecule has 0 saturated carbocycles. The van der Waals surface area contributed by atoms with Gasteiger partial charge in [-0.05, 0) is 13.0 Å². The molecule has 0 aromatic rings. The summed E-state index contributed by atoms with van der Waals surface area (Å²) >= 11 is 0. The van der Waals surface area contributed by atoms with Crippen molar-refractivity contribution in [1.82, 2.24) is 9.80 Å². The van der Waals surface area contributed by atoms with Crippen molar-refractivity contribution >= 4 is 5.91 Å². The summed E-state index contributed by atoms with van der Waals surface area (Å²) in [6, 6.07) is 0.388. The van der Waals surface area contributed by atoms with Crippen molar-refractivity contribution in [3.63, 3.8) is 0 Å². The fourth-order valence-electron chi connectivity index (χ4n) is 2.13. The quantitative estimate of drug-likeness (QED) is 0.691. The van der Waals surface area contributed by atoms with Gasteiger partial charge in [-0.1, -0.05) is 27.7 Å². The van der Waals surface area contributed by atoms with Crippen LogP contribution < -0.4 is 0 Å². The van der Waals surface area contributed by atoms with Gasteiger partial charge in [0.1, 0.15) is 0 Å². The molecular weight excluding hydrogens is 188 g/mol. The van der Waals surface area contributed by atoms with E-state index in [1.807, 2.05) is 13.8 Å². The van der Waals surface area contributed by atoms with E-state index in [1.165, 1.54) is 0 Å². The SMILES string of the molecule is CC(C)C(=O)N1CCN(C)CC1C(C)C. The van der Waals surface area contributed by atoms with Gasteiger partial charge in [-0.25, -0.2) is 0 Å². The number of carbonyl (C=O) groups is 1. The summed E-state index contributed by atoms with van der Waals surface area (Å²) < 4.78 is 0. The molecule has 1 rings (SSSR count). The first-order chi connectivity index (χ1) is 6.93. The second-order valence-electron chi connectivity index (χ2n) is 5.26. The Hall–Kier alpha value is -0.570. The number of nitrogens with zero attached hydrogens (tertiary/aromatic N) is 2. The van der Waals surface area contributed by atoms with Crippen LogP contribution in [0, 0.1) is 11.8 Å². The van der Waals surface area contributed by atoms with Crippen molar-refractivity contribution in [3.8, 4) is 0 Å². The summed E-state index contributed by atoms with van der Waals surface area (Å²) in [6.45, 7) is 11.3. The van der Waals surface area contributed by atoms with E-state index in [1.54, 1.807) is 0 Å². The average Bonchev–Trinajstić information content (AvgIpc) is 2.16. The molecule has 3 heteroatoms. The molecule has 1 heterocycles. The first kappa shape index (κ1) is 12.5. The van der Waals surface area contributed by atoms with Crippen LogP contribution in [0.25, 0.3) is 0 Å². The standard InChI is InChI=1S/C12H24N2O/c1-9(2)11-8-13(5)6-7-14(11)12(15)10(3)4/h9-11H,6-8H2,1-5H3. The van der Waals surface area contributed by atoms with E-state index in [9.17, 15) is 4.79 Å². The minimum absolute atomic E-state index is 0.120. The highest BCUT2D eigenvalue weighted by atomic mass is 16.2. The number of hydrogen-bond donors (Lipinski definition) is 0. The monoisotopic (exact) mass is 212 g/mol. The number of likely N-dealkylation sites (N-methyl/N-ethyl adjacent to an activating group) is 1. The van der Waals surface area contributed by atoms with Crippen LogP contribution in [0.15, 0.2) is 0 Å². The van der Waals surface area contributed by atoms with Crippen LogP contribution in [0.2, 0.25) is 0 Å². The van der Waals surface area contributed by atoms with Crippen molar-refractivity contribution < 1.29 is 4.79 Å². The van der Waals surface area contributed by atoms with Crippen LogP contribution in [0.1, 0.15) is 27.7 Å². The summed E-state index contributed by atoms with van der Waals surface area (Å²) in [7, 11) is 2.13. The van der Waals surface area contributed by atoms with Gasteiger partial charge in [-0.3, -0.25) is 4.79 Å². The van der Waals surface area contributed by atoms with Gasteiger partial charge in [0.15, 0.2) is 0 Å². The summed E-state index contributed by atoms with van der Waals surface area (Å²) in [6.07, 6.45) is 0. The lowest BCUT2D eigenvalue weighted by Crippen LogP contribution is -2.56. The summed E-state index contributed by atoms with van der Waals surface area (Å²) in [5.74, 6) is 0.965. The maximum Gasteiger partial charge on any atom is 0.225 e. The molecule has 3 nitrogen and oxygen atoms in total. The van der Waals surface area contributed by atoms with Gasteiger partial charge in [0.2, 0.25) is 5.91 Å². The molecule has 1 fully saturated rings. The third-order valence-electron chi connectivity index (χ3n) is 3.17. The van der Waals surface area contributed by atoms with Crippen LogP contribution in [0.3, 0.4) is 0 Å². The molecule has 1 aliphatic rings. The topological polar surface area (TPSA) is 23.6 Å². The highest BCUT2D eigenvalue weighted by molar-refractivity contribution is 5.78. The summed E-state index contributed by atoms with van der Waals surface area (Å²) in [5, 5.41) is 0. The van der Waals surface area contributed by atoms with Gasteiger partial charge in [-0.2, -0.15) is 0 Å². The fraction of sp³-hybridized carbons (Fsp3) is 0.917. The van der Waals surface area contributed by atoms with Crippen molar-refractivity contribution in [2.24, 2.45) is 11.8 Å². The van der Waals surface area contributed by atoms with Gasteiger partial charge in [0.05, 0.1) is 0 Å². The Labute approximate surface area is 93.4 Å². The predicted octanol–water partition coefficient (Wildman–Crippen LogP) is 1.44.